The molecule has 1 heterocycles. The molecule has 0 spiro atoms. The van der Waals surface area contributed by atoms with Gasteiger partial charge in [0.1, 0.15) is 5.69 Å². The number of carbonyl (C=O) groups is 1. The number of aliphatic hydroxyl groups is 1. The third-order valence-electron chi connectivity index (χ3n) is 3.14. The molecule has 1 aromatic heterocycles. The van der Waals surface area contributed by atoms with Gasteiger partial charge in [0.15, 0.2) is 0 Å². The molecule has 0 fully saturated rings. The van der Waals surface area contributed by atoms with Gasteiger partial charge in [-0.15, -0.1) is 0 Å². The predicted molar refractivity (Wildman–Crippen MR) is 78.6 cm³/mol. The molecule has 0 saturated carbocycles. The molecule has 6 heteroatoms. The Morgan fingerprint density at radius 2 is 2.16 bits per heavy atom. The highest BCUT2D eigenvalue weighted by atomic mass is 32.2. The molecule has 0 aliphatic heterocycles. The Morgan fingerprint density at radius 1 is 1.53 bits per heavy atom. The van der Waals surface area contributed by atoms with Crippen molar-refractivity contribution in [3.8, 4) is 0 Å². The van der Waals surface area contributed by atoms with Crippen molar-refractivity contribution in [2.24, 2.45) is 7.05 Å². The number of hydrogen-bond acceptors (Lipinski definition) is 4. The summed E-state index contributed by atoms with van der Waals surface area (Å²) in [7, 11) is 1.84. The number of aliphatic hydroxyl groups excluding tert-OH is 1. The van der Waals surface area contributed by atoms with Crippen LogP contribution in [0.3, 0.4) is 0 Å². The first-order chi connectivity index (χ1) is 8.90. The molecule has 0 aliphatic carbocycles. The van der Waals surface area contributed by atoms with Gasteiger partial charge in [0.25, 0.3) is 5.91 Å². The van der Waals surface area contributed by atoms with Crippen LogP contribution in [0.4, 0.5) is 0 Å². The van der Waals surface area contributed by atoms with E-state index in [0.717, 1.165) is 5.69 Å². The second-order valence-electron chi connectivity index (χ2n) is 4.95. The second kappa shape index (κ2) is 6.96. The van der Waals surface area contributed by atoms with Crippen molar-refractivity contribution in [3.63, 3.8) is 0 Å². The van der Waals surface area contributed by atoms with Crippen LogP contribution in [0.1, 0.15) is 42.9 Å². The summed E-state index contributed by atoms with van der Waals surface area (Å²) in [4.78, 5) is 12.1. The van der Waals surface area contributed by atoms with Crippen LogP contribution in [0.15, 0.2) is 6.07 Å². The lowest BCUT2D eigenvalue weighted by Crippen LogP contribution is -2.41. The van der Waals surface area contributed by atoms with Crippen molar-refractivity contribution >= 4 is 17.7 Å². The Kier molecular flexibility index (Phi) is 5.87. The molecular weight excluding hydrogens is 262 g/mol. The molecular formula is C13H23N3O2S. The zero-order valence-electron chi connectivity index (χ0n) is 12.2. The summed E-state index contributed by atoms with van der Waals surface area (Å²) in [5, 5.41) is 16.3. The Bertz CT molecular complexity index is 428. The number of amides is 1. The summed E-state index contributed by atoms with van der Waals surface area (Å²) in [6.45, 7) is 6.07. The maximum absolute atomic E-state index is 12.1. The quantitative estimate of drug-likeness (QED) is 0.829. The van der Waals surface area contributed by atoms with E-state index in [4.69, 9.17) is 0 Å². The fraction of sp³-hybridized carbons (Fsp3) is 0.692. The highest BCUT2D eigenvalue weighted by Gasteiger charge is 2.20. The largest absolute Gasteiger partial charge is 0.395 e. The number of rotatable bonds is 6. The molecule has 1 amide bonds. The first kappa shape index (κ1) is 16.0. The molecule has 108 valence electrons. The van der Waals surface area contributed by atoms with Crippen LogP contribution < -0.4 is 5.32 Å². The zero-order valence-corrected chi connectivity index (χ0v) is 13.0. The minimum absolute atomic E-state index is 0.00256. The van der Waals surface area contributed by atoms with Gasteiger partial charge < -0.3 is 10.4 Å². The molecule has 19 heavy (non-hydrogen) atoms. The normalized spacial score (nSPS) is 14.5. The molecule has 1 rings (SSSR count). The lowest BCUT2D eigenvalue weighted by molar-refractivity contribution is 0.0930. The molecule has 0 saturated heterocycles. The van der Waals surface area contributed by atoms with Crippen LogP contribution in [0.2, 0.25) is 0 Å². The third kappa shape index (κ3) is 3.98. The smallest absolute Gasteiger partial charge is 0.272 e. The van der Waals surface area contributed by atoms with Crippen LogP contribution in [0, 0.1) is 0 Å². The number of hydrogen-bond donors (Lipinski definition) is 2. The summed E-state index contributed by atoms with van der Waals surface area (Å²) >= 11 is 1.54. The Hall–Kier alpha value is -1.01. The van der Waals surface area contributed by atoms with E-state index in [9.17, 15) is 9.90 Å². The topological polar surface area (TPSA) is 67.2 Å². The van der Waals surface area contributed by atoms with Gasteiger partial charge in [0.2, 0.25) is 0 Å². The minimum Gasteiger partial charge on any atom is -0.395 e. The summed E-state index contributed by atoms with van der Waals surface area (Å²) in [5.74, 6) is 0.135. The summed E-state index contributed by atoms with van der Waals surface area (Å²) in [5.41, 5.74) is 1.46. The molecule has 0 aliphatic rings. The minimum atomic E-state index is -0.192. The van der Waals surface area contributed by atoms with E-state index < -0.39 is 0 Å². The van der Waals surface area contributed by atoms with Gasteiger partial charge in [-0.2, -0.15) is 16.9 Å². The number of nitrogens with one attached hydrogen (secondary N) is 1. The molecule has 2 N–H and O–H groups in total. The van der Waals surface area contributed by atoms with Crippen molar-refractivity contribution in [1.29, 1.82) is 0 Å². The second-order valence-corrected chi connectivity index (χ2v) is 6.03. The summed E-state index contributed by atoms with van der Waals surface area (Å²) in [6.07, 6.45) is 1.92. The van der Waals surface area contributed by atoms with Gasteiger partial charge in [-0.3, -0.25) is 9.48 Å². The van der Waals surface area contributed by atoms with E-state index in [1.807, 2.05) is 26.3 Å². The SMILES string of the molecule is CSC(CO)C(C)NC(=O)c1cc(C(C)C)n(C)n1. The van der Waals surface area contributed by atoms with E-state index in [0.29, 0.717) is 11.6 Å². The summed E-state index contributed by atoms with van der Waals surface area (Å²) < 4.78 is 1.74. The maximum Gasteiger partial charge on any atom is 0.272 e. The van der Waals surface area contributed by atoms with E-state index in [1.165, 1.54) is 11.8 Å². The van der Waals surface area contributed by atoms with Gasteiger partial charge in [0.05, 0.1) is 6.61 Å². The number of aromatic nitrogens is 2. The predicted octanol–water partition coefficient (Wildman–Crippen LogP) is 1.39. The number of carbonyl (C=O) groups excluding carboxylic acids is 1. The Balaban J connectivity index is 2.76. The summed E-state index contributed by atoms with van der Waals surface area (Å²) in [6, 6.07) is 1.72. The van der Waals surface area contributed by atoms with Crippen LogP contribution in [0.5, 0.6) is 0 Å². The highest BCUT2D eigenvalue weighted by molar-refractivity contribution is 7.99. The number of aryl methyl sites for hydroxylation is 1. The monoisotopic (exact) mass is 285 g/mol. The van der Waals surface area contributed by atoms with Crippen LogP contribution in [0.25, 0.3) is 0 Å². The van der Waals surface area contributed by atoms with Crippen molar-refractivity contribution in [2.75, 3.05) is 12.9 Å². The van der Waals surface area contributed by atoms with Gasteiger partial charge in [-0.05, 0) is 25.2 Å². The van der Waals surface area contributed by atoms with E-state index in [1.54, 1.807) is 4.68 Å². The van der Waals surface area contributed by atoms with Crippen LogP contribution in [-0.2, 0) is 7.05 Å². The van der Waals surface area contributed by atoms with E-state index >= 15 is 0 Å². The average molecular weight is 285 g/mol. The molecule has 1 aromatic rings. The van der Waals surface area contributed by atoms with Crippen LogP contribution >= 0.6 is 11.8 Å². The van der Waals surface area contributed by atoms with Gasteiger partial charge in [-0.1, -0.05) is 13.8 Å². The molecule has 0 aromatic carbocycles. The molecule has 2 unspecified atom stereocenters. The lowest BCUT2D eigenvalue weighted by atomic mass is 10.1. The number of nitrogens with zero attached hydrogens (tertiary/aromatic N) is 2. The van der Waals surface area contributed by atoms with E-state index in [2.05, 4.69) is 24.3 Å². The molecule has 5 nitrogen and oxygen atoms in total. The molecule has 0 bridgehead atoms. The lowest BCUT2D eigenvalue weighted by Gasteiger charge is -2.20. The Labute approximate surface area is 118 Å². The average Bonchev–Trinajstić information content (AvgIpc) is 2.73. The highest BCUT2D eigenvalue weighted by Crippen LogP contribution is 2.15. The van der Waals surface area contributed by atoms with Crippen molar-refractivity contribution in [3.05, 3.63) is 17.5 Å². The first-order valence-electron chi connectivity index (χ1n) is 6.39. The van der Waals surface area contributed by atoms with Crippen LogP contribution in [-0.4, -0.2) is 44.9 Å². The number of thioether (sulfide) groups is 1. The Morgan fingerprint density at radius 3 is 2.58 bits per heavy atom. The van der Waals surface area contributed by atoms with Gasteiger partial charge >= 0.3 is 0 Å². The van der Waals surface area contributed by atoms with Gasteiger partial charge in [-0.25, -0.2) is 0 Å². The molecule has 2 atom stereocenters. The van der Waals surface area contributed by atoms with Crippen molar-refractivity contribution < 1.29 is 9.90 Å². The maximum atomic E-state index is 12.1. The van der Waals surface area contributed by atoms with Crippen molar-refractivity contribution in [1.82, 2.24) is 15.1 Å². The standard InChI is InChI=1S/C13H23N3O2S/c1-8(2)11-6-10(15-16(11)4)13(18)14-9(3)12(7-17)19-5/h6,8-9,12,17H,7H2,1-5H3,(H,14,18). The van der Waals surface area contributed by atoms with E-state index in [-0.39, 0.29) is 23.8 Å². The first-order valence-corrected chi connectivity index (χ1v) is 7.67. The molecule has 0 radical (unpaired) electrons. The third-order valence-corrected chi connectivity index (χ3v) is 4.30. The fourth-order valence-electron chi connectivity index (χ4n) is 1.94. The zero-order chi connectivity index (χ0) is 14.6. The fourth-order valence-corrected chi connectivity index (χ4v) is 2.57. The van der Waals surface area contributed by atoms with Crippen molar-refractivity contribution in [2.45, 2.75) is 38.0 Å². The van der Waals surface area contributed by atoms with Gasteiger partial charge in [0, 0.05) is 24.0 Å².